The van der Waals surface area contributed by atoms with Crippen molar-refractivity contribution in [3.8, 4) is 0 Å². The molecule has 0 saturated carbocycles. The van der Waals surface area contributed by atoms with E-state index in [2.05, 4.69) is 60.5 Å². The summed E-state index contributed by atoms with van der Waals surface area (Å²) in [5, 5.41) is 12.0. The molecule has 0 aliphatic carbocycles. The van der Waals surface area contributed by atoms with E-state index in [0.717, 1.165) is 38.4 Å². The third kappa shape index (κ3) is 3.36. The van der Waals surface area contributed by atoms with Crippen LogP contribution in [0.4, 0.5) is 5.95 Å². The van der Waals surface area contributed by atoms with Gasteiger partial charge in [-0.2, -0.15) is 10.1 Å². The van der Waals surface area contributed by atoms with Crippen molar-refractivity contribution in [2.75, 3.05) is 11.9 Å². The zero-order valence-corrected chi connectivity index (χ0v) is 13.8. The molecule has 0 fully saturated rings. The van der Waals surface area contributed by atoms with Gasteiger partial charge in [-0.3, -0.25) is 5.10 Å². The summed E-state index contributed by atoms with van der Waals surface area (Å²) >= 11 is 5.05. The maximum absolute atomic E-state index is 4.60. The van der Waals surface area contributed by atoms with Crippen LogP contribution in [0.5, 0.6) is 0 Å². The van der Waals surface area contributed by atoms with Crippen LogP contribution in [0, 0.1) is 0 Å². The molecular weight excluding hydrogens is 350 g/mol. The molecule has 2 heterocycles. The van der Waals surface area contributed by atoms with E-state index in [9.17, 15) is 0 Å². The predicted molar refractivity (Wildman–Crippen MR) is 88.7 cm³/mol. The van der Waals surface area contributed by atoms with Crippen LogP contribution in [-0.4, -0.2) is 26.7 Å². The van der Waals surface area contributed by atoms with Gasteiger partial charge >= 0.3 is 0 Å². The molecule has 1 aromatic carbocycles. The standard InChI is InChI=1S/C14H14BrN5S/c1-2-7-16-14-18-12-11(8-17-20-12)13(19-14)21-10-5-3-9(15)4-6-10/h3-6,8H,2,7H2,1H3,(H2,16,17,18,19,20). The van der Waals surface area contributed by atoms with Crippen LogP contribution in [0.15, 0.2) is 44.9 Å². The van der Waals surface area contributed by atoms with Crippen LogP contribution in [0.1, 0.15) is 13.3 Å². The number of aromatic nitrogens is 4. The first kappa shape index (κ1) is 14.3. The SMILES string of the molecule is CCCNc1nc(Sc2ccc(Br)cc2)c2cn[nH]c2n1. The number of fused-ring (bicyclic) bond motifs is 1. The molecule has 7 heteroatoms. The van der Waals surface area contributed by atoms with Gasteiger partial charge in [0.2, 0.25) is 5.95 Å². The molecule has 0 atom stereocenters. The minimum atomic E-state index is 0.633. The molecule has 108 valence electrons. The van der Waals surface area contributed by atoms with Crippen LogP contribution < -0.4 is 5.32 Å². The fourth-order valence-corrected chi connectivity index (χ4v) is 2.97. The van der Waals surface area contributed by atoms with Gasteiger partial charge < -0.3 is 5.32 Å². The Hall–Kier alpha value is -1.60. The number of anilines is 1. The Morgan fingerprint density at radius 2 is 2.05 bits per heavy atom. The lowest BCUT2D eigenvalue weighted by Crippen LogP contribution is -2.05. The van der Waals surface area contributed by atoms with E-state index < -0.39 is 0 Å². The zero-order chi connectivity index (χ0) is 14.7. The fraction of sp³-hybridized carbons (Fsp3) is 0.214. The second-order valence-corrected chi connectivity index (χ2v) is 6.45. The molecule has 0 aliphatic rings. The fourth-order valence-electron chi connectivity index (χ4n) is 1.82. The van der Waals surface area contributed by atoms with E-state index in [0.29, 0.717) is 5.95 Å². The summed E-state index contributed by atoms with van der Waals surface area (Å²) in [5.41, 5.74) is 0.753. The lowest BCUT2D eigenvalue weighted by atomic mass is 10.4. The highest BCUT2D eigenvalue weighted by molar-refractivity contribution is 9.10. The van der Waals surface area contributed by atoms with Gasteiger partial charge in [0.25, 0.3) is 0 Å². The Bertz CT molecular complexity index is 741. The molecule has 3 rings (SSSR count). The first-order valence-electron chi connectivity index (χ1n) is 6.64. The second kappa shape index (κ2) is 6.44. The topological polar surface area (TPSA) is 66.5 Å². The summed E-state index contributed by atoms with van der Waals surface area (Å²) < 4.78 is 1.06. The quantitative estimate of drug-likeness (QED) is 0.668. The maximum atomic E-state index is 4.60. The van der Waals surface area contributed by atoms with Crippen molar-refractivity contribution in [3.05, 3.63) is 34.9 Å². The number of halogens is 1. The van der Waals surface area contributed by atoms with Gasteiger partial charge in [-0.05, 0) is 30.7 Å². The van der Waals surface area contributed by atoms with E-state index in [1.54, 1.807) is 18.0 Å². The minimum absolute atomic E-state index is 0.633. The molecule has 0 aliphatic heterocycles. The highest BCUT2D eigenvalue weighted by Crippen LogP contribution is 2.32. The molecule has 0 radical (unpaired) electrons. The van der Waals surface area contributed by atoms with Crippen molar-refractivity contribution in [1.29, 1.82) is 0 Å². The summed E-state index contributed by atoms with van der Waals surface area (Å²) in [6.45, 7) is 2.96. The highest BCUT2D eigenvalue weighted by Gasteiger charge is 2.10. The number of benzene rings is 1. The lowest BCUT2D eigenvalue weighted by molar-refractivity contribution is 0.943. The largest absolute Gasteiger partial charge is 0.354 e. The van der Waals surface area contributed by atoms with Crippen molar-refractivity contribution < 1.29 is 0 Å². The van der Waals surface area contributed by atoms with Gasteiger partial charge in [0.15, 0.2) is 5.65 Å². The van der Waals surface area contributed by atoms with Gasteiger partial charge in [0, 0.05) is 15.9 Å². The molecule has 2 aromatic heterocycles. The Balaban J connectivity index is 1.95. The van der Waals surface area contributed by atoms with Gasteiger partial charge in [-0.1, -0.05) is 34.6 Å². The molecule has 0 amide bonds. The average molecular weight is 364 g/mol. The number of hydrogen-bond donors (Lipinski definition) is 2. The first-order valence-corrected chi connectivity index (χ1v) is 8.25. The van der Waals surface area contributed by atoms with Gasteiger partial charge in [-0.25, -0.2) is 4.98 Å². The van der Waals surface area contributed by atoms with Crippen molar-refractivity contribution in [3.63, 3.8) is 0 Å². The van der Waals surface area contributed by atoms with Crippen LogP contribution in [-0.2, 0) is 0 Å². The lowest BCUT2D eigenvalue weighted by Gasteiger charge is -2.07. The van der Waals surface area contributed by atoms with Crippen molar-refractivity contribution >= 4 is 44.7 Å². The zero-order valence-electron chi connectivity index (χ0n) is 11.4. The van der Waals surface area contributed by atoms with E-state index >= 15 is 0 Å². The van der Waals surface area contributed by atoms with Gasteiger partial charge in [-0.15, -0.1) is 0 Å². The monoisotopic (exact) mass is 363 g/mol. The predicted octanol–water partition coefficient (Wildman–Crippen LogP) is 4.09. The molecular formula is C14H14BrN5S. The molecule has 5 nitrogen and oxygen atoms in total. The normalized spacial score (nSPS) is 11.0. The number of aromatic amines is 1. The Kier molecular flexibility index (Phi) is 4.40. The summed E-state index contributed by atoms with van der Waals surface area (Å²) in [4.78, 5) is 10.2. The Morgan fingerprint density at radius 1 is 1.24 bits per heavy atom. The third-order valence-corrected chi connectivity index (χ3v) is 4.38. The Morgan fingerprint density at radius 3 is 2.81 bits per heavy atom. The summed E-state index contributed by atoms with van der Waals surface area (Å²) in [6.07, 6.45) is 2.79. The number of rotatable bonds is 5. The smallest absolute Gasteiger partial charge is 0.225 e. The van der Waals surface area contributed by atoms with Gasteiger partial charge in [0.05, 0.1) is 11.6 Å². The van der Waals surface area contributed by atoms with E-state index in [1.165, 1.54) is 0 Å². The summed E-state index contributed by atoms with van der Waals surface area (Å²) in [5.74, 6) is 0.633. The highest BCUT2D eigenvalue weighted by atomic mass is 79.9. The number of nitrogens with zero attached hydrogens (tertiary/aromatic N) is 3. The van der Waals surface area contributed by atoms with Crippen LogP contribution in [0.3, 0.4) is 0 Å². The molecule has 21 heavy (non-hydrogen) atoms. The number of H-pyrrole nitrogens is 1. The molecule has 2 N–H and O–H groups in total. The summed E-state index contributed by atoms with van der Waals surface area (Å²) in [6, 6.07) is 8.16. The average Bonchev–Trinajstić information content (AvgIpc) is 2.96. The van der Waals surface area contributed by atoms with Crippen LogP contribution >= 0.6 is 27.7 Å². The third-order valence-electron chi connectivity index (χ3n) is 2.84. The van der Waals surface area contributed by atoms with E-state index in [-0.39, 0.29) is 0 Å². The van der Waals surface area contributed by atoms with Crippen LogP contribution in [0.25, 0.3) is 11.0 Å². The number of hydrogen-bond acceptors (Lipinski definition) is 5. The molecule has 3 aromatic rings. The Labute approximate surface area is 135 Å². The van der Waals surface area contributed by atoms with Gasteiger partial charge in [0.1, 0.15) is 5.03 Å². The molecule has 0 unspecified atom stereocenters. The minimum Gasteiger partial charge on any atom is -0.354 e. The van der Waals surface area contributed by atoms with Crippen molar-refractivity contribution in [2.45, 2.75) is 23.3 Å². The molecule has 0 bridgehead atoms. The second-order valence-electron chi connectivity index (χ2n) is 4.47. The van der Waals surface area contributed by atoms with E-state index in [4.69, 9.17) is 0 Å². The summed E-state index contributed by atoms with van der Waals surface area (Å²) in [7, 11) is 0. The number of nitrogens with one attached hydrogen (secondary N) is 2. The van der Waals surface area contributed by atoms with E-state index in [1.807, 2.05) is 12.1 Å². The first-order chi connectivity index (χ1) is 10.3. The molecule has 0 saturated heterocycles. The van der Waals surface area contributed by atoms with Crippen molar-refractivity contribution in [2.24, 2.45) is 0 Å². The molecule has 0 spiro atoms. The van der Waals surface area contributed by atoms with Crippen molar-refractivity contribution in [1.82, 2.24) is 20.2 Å². The van der Waals surface area contributed by atoms with Crippen LogP contribution in [0.2, 0.25) is 0 Å². The maximum Gasteiger partial charge on any atom is 0.225 e.